The lowest BCUT2D eigenvalue weighted by Gasteiger charge is -2.29. The van der Waals surface area contributed by atoms with Gasteiger partial charge in [-0.2, -0.15) is 5.26 Å². The third-order valence-corrected chi connectivity index (χ3v) is 3.14. The van der Waals surface area contributed by atoms with Gasteiger partial charge in [-0.15, -0.1) is 0 Å². The highest BCUT2D eigenvalue weighted by molar-refractivity contribution is 5.59. The predicted octanol–water partition coefficient (Wildman–Crippen LogP) is 2.85. The first-order chi connectivity index (χ1) is 8.19. The summed E-state index contributed by atoms with van der Waals surface area (Å²) in [5.74, 6) is 0. The minimum Gasteiger partial charge on any atom is -0.381 e. The van der Waals surface area contributed by atoms with E-state index in [1.807, 2.05) is 25.1 Å². The number of ether oxygens (including phenoxy) is 1. The summed E-state index contributed by atoms with van der Waals surface area (Å²) >= 11 is 0. The van der Waals surface area contributed by atoms with Crippen LogP contribution >= 0.6 is 0 Å². The monoisotopic (exact) mass is 230 g/mol. The summed E-state index contributed by atoms with van der Waals surface area (Å²) in [6.45, 7) is 4.89. The third kappa shape index (κ3) is 2.98. The van der Waals surface area contributed by atoms with Crippen LogP contribution in [0.15, 0.2) is 18.2 Å². The van der Waals surface area contributed by atoms with Crippen LogP contribution in [-0.4, -0.2) is 18.8 Å². The Balaban J connectivity index is 2.10. The van der Waals surface area contributed by atoms with Crippen molar-refractivity contribution >= 4 is 5.69 Å². The molecule has 90 valence electrons. The average molecular weight is 230 g/mol. The smallest absolute Gasteiger partial charge is 0.101 e. The second-order valence-corrected chi connectivity index (χ2v) is 4.71. The van der Waals surface area contributed by atoms with Crippen LogP contribution in [0.1, 0.15) is 30.9 Å². The van der Waals surface area contributed by atoms with E-state index in [1.54, 1.807) is 0 Å². The Labute approximate surface area is 102 Å². The van der Waals surface area contributed by atoms with Crippen molar-refractivity contribution in [3.63, 3.8) is 0 Å². The molecule has 17 heavy (non-hydrogen) atoms. The number of benzene rings is 1. The van der Waals surface area contributed by atoms with Crippen LogP contribution in [0.3, 0.4) is 0 Å². The maximum atomic E-state index is 9.11. The first kappa shape index (κ1) is 11.9. The molecule has 0 amide bonds. The van der Waals surface area contributed by atoms with Gasteiger partial charge < -0.3 is 10.1 Å². The first-order valence-electron chi connectivity index (χ1n) is 6.08. The Bertz CT molecular complexity index is 436. The molecule has 0 bridgehead atoms. The van der Waals surface area contributed by atoms with Crippen molar-refractivity contribution in [3.05, 3.63) is 29.3 Å². The van der Waals surface area contributed by atoms with Gasteiger partial charge in [0.2, 0.25) is 0 Å². The van der Waals surface area contributed by atoms with E-state index in [0.29, 0.717) is 12.1 Å². The minimum absolute atomic E-state index is 0.303. The average Bonchev–Trinajstić information content (AvgIpc) is 2.31. The van der Waals surface area contributed by atoms with Gasteiger partial charge in [0.25, 0.3) is 0 Å². The maximum absolute atomic E-state index is 9.11. The van der Waals surface area contributed by atoms with Crippen molar-refractivity contribution in [2.75, 3.05) is 11.9 Å². The van der Waals surface area contributed by atoms with Crippen molar-refractivity contribution < 1.29 is 4.74 Å². The summed E-state index contributed by atoms with van der Waals surface area (Å²) in [6.07, 6.45) is 2.30. The van der Waals surface area contributed by atoms with E-state index in [0.717, 1.165) is 36.3 Å². The lowest BCUT2D eigenvalue weighted by Crippen LogP contribution is -2.32. The molecule has 1 aromatic rings. The zero-order valence-corrected chi connectivity index (χ0v) is 10.4. The summed E-state index contributed by atoms with van der Waals surface area (Å²) in [4.78, 5) is 0. The highest BCUT2D eigenvalue weighted by Crippen LogP contribution is 2.22. The molecular weight excluding hydrogens is 212 g/mol. The van der Waals surface area contributed by atoms with Crippen molar-refractivity contribution in [1.82, 2.24) is 0 Å². The number of anilines is 1. The Morgan fingerprint density at radius 3 is 3.00 bits per heavy atom. The van der Waals surface area contributed by atoms with Gasteiger partial charge in [0.05, 0.1) is 17.4 Å². The second kappa shape index (κ2) is 5.20. The van der Waals surface area contributed by atoms with E-state index in [2.05, 4.69) is 18.3 Å². The van der Waals surface area contributed by atoms with Crippen LogP contribution in [-0.2, 0) is 4.74 Å². The molecule has 1 aliphatic rings. The number of nitrogens with zero attached hydrogens (tertiary/aromatic N) is 1. The number of hydrogen-bond acceptors (Lipinski definition) is 3. The normalized spacial score (nSPS) is 24.1. The summed E-state index contributed by atoms with van der Waals surface area (Å²) in [5, 5.41) is 12.6. The highest BCUT2D eigenvalue weighted by atomic mass is 16.5. The summed E-state index contributed by atoms with van der Waals surface area (Å²) in [5.41, 5.74) is 2.79. The van der Waals surface area contributed by atoms with Crippen LogP contribution in [0.2, 0.25) is 0 Å². The molecule has 3 heteroatoms. The van der Waals surface area contributed by atoms with Crippen molar-refractivity contribution in [3.8, 4) is 6.07 Å². The molecular formula is C14H18N2O. The van der Waals surface area contributed by atoms with Gasteiger partial charge in [-0.05, 0) is 44.4 Å². The molecule has 0 aliphatic carbocycles. The summed E-state index contributed by atoms with van der Waals surface area (Å²) < 4.78 is 5.52. The zero-order valence-electron chi connectivity index (χ0n) is 10.4. The van der Waals surface area contributed by atoms with E-state index in [1.165, 1.54) is 0 Å². The van der Waals surface area contributed by atoms with Crippen molar-refractivity contribution in [2.45, 2.75) is 38.8 Å². The Morgan fingerprint density at radius 2 is 2.29 bits per heavy atom. The topological polar surface area (TPSA) is 45.0 Å². The summed E-state index contributed by atoms with van der Waals surface area (Å²) in [7, 11) is 0. The molecule has 2 atom stereocenters. The molecule has 1 N–H and O–H groups in total. The first-order valence-corrected chi connectivity index (χ1v) is 6.08. The van der Waals surface area contributed by atoms with Crippen LogP contribution in [0, 0.1) is 18.3 Å². The van der Waals surface area contributed by atoms with Gasteiger partial charge in [0, 0.05) is 12.6 Å². The molecule has 1 saturated heterocycles. The van der Waals surface area contributed by atoms with Crippen LogP contribution in [0.4, 0.5) is 5.69 Å². The molecule has 0 radical (unpaired) electrons. The number of rotatable bonds is 2. The minimum atomic E-state index is 0.303. The molecule has 0 spiro atoms. The molecule has 1 aromatic carbocycles. The molecule has 1 heterocycles. The second-order valence-electron chi connectivity index (χ2n) is 4.71. The quantitative estimate of drug-likeness (QED) is 0.849. The van der Waals surface area contributed by atoms with Gasteiger partial charge in [-0.25, -0.2) is 0 Å². The molecule has 3 nitrogen and oxygen atoms in total. The van der Waals surface area contributed by atoms with Gasteiger partial charge in [-0.1, -0.05) is 6.07 Å². The van der Waals surface area contributed by atoms with Crippen LogP contribution in [0.5, 0.6) is 0 Å². The maximum Gasteiger partial charge on any atom is 0.101 e. The van der Waals surface area contributed by atoms with Gasteiger partial charge in [0.15, 0.2) is 0 Å². The zero-order chi connectivity index (χ0) is 12.3. The lowest BCUT2D eigenvalue weighted by atomic mass is 10.0. The van der Waals surface area contributed by atoms with E-state index in [9.17, 15) is 0 Å². The van der Waals surface area contributed by atoms with E-state index >= 15 is 0 Å². The molecule has 0 aromatic heterocycles. The Morgan fingerprint density at radius 1 is 1.47 bits per heavy atom. The van der Waals surface area contributed by atoms with Gasteiger partial charge in [0.1, 0.15) is 6.07 Å². The highest BCUT2D eigenvalue weighted by Gasteiger charge is 2.19. The third-order valence-electron chi connectivity index (χ3n) is 3.14. The fourth-order valence-electron chi connectivity index (χ4n) is 2.23. The largest absolute Gasteiger partial charge is 0.381 e. The Kier molecular flexibility index (Phi) is 3.65. The van der Waals surface area contributed by atoms with Crippen LogP contribution in [0.25, 0.3) is 0 Å². The number of nitriles is 1. The lowest BCUT2D eigenvalue weighted by molar-refractivity contribution is 0.0232. The van der Waals surface area contributed by atoms with Crippen molar-refractivity contribution in [2.24, 2.45) is 0 Å². The van der Waals surface area contributed by atoms with Crippen molar-refractivity contribution in [1.29, 1.82) is 5.26 Å². The predicted molar refractivity (Wildman–Crippen MR) is 68.0 cm³/mol. The number of aryl methyl sites for hydroxylation is 1. The van der Waals surface area contributed by atoms with Gasteiger partial charge >= 0.3 is 0 Å². The molecule has 2 unspecified atom stereocenters. The molecule has 1 aliphatic heterocycles. The Hall–Kier alpha value is -1.53. The molecule has 1 fully saturated rings. The number of nitrogens with one attached hydrogen (secondary N) is 1. The number of hydrogen-bond donors (Lipinski definition) is 1. The standard InChI is InChI=1S/C14H18N2O/c1-10-3-4-14(12(7-10)9-15)16-13-5-6-17-11(2)8-13/h3-4,7,11,13,16H,5-6,8H2,1-2H3. The fraction of sp³-hybridized carbons (Fsp3) is 0.500. The SMILES string of the molecule is Cc1ccc(NC2CCOC(C)C2)c(C#N)c1. The van der Waals surface area contributed by atoms with E-state index < -0.39 is 0 Å². The fourth-order valence-corrected chi connectivity index (χ4v) is 2.23. The van der Waals surface area contributed by atoms with E-state index in [4.69, 9.17) is 10.00 Å². The molecule has 2 rings (SSSR count). The molecule has 0 saturated carbocycles. The van der Waals surface area contributed by atoms with Crippen LogP contribution < -0.4 is 5.32 Å². The van der Waals surface area contributed by atoms with E-state index in [-0.39, 0.29) is 0 Å². The summed E-state index contributed by atoms with van der Waals surface area (Å²) in [6, 6.07) is 8.60. The van der Waals surface area contributed by atoms with Gasteiger partial charge in [-0.3, -0.25) is 0 Å².